The van der Waals surface area contributed by atoms with Crippen molar-refractivity contribution in [3.8, 4) is 11.3 Å². The number of carbonyl (C=O) groups excluding carboxylic acids is 1. The molecule has 0 unspecified atom stereocenters. The van der Waals surface area contributed by atoms with Crippen LogP contribution in [-0.2, 0) is 4.79 Å². The van der Waals surface area contributed by atoms with Gasteiger partial charge in [0.25, 0.3) is 0 Å². The maximum Gasteiger partial charge on any atom is 0.247 e. The zero-order valence-corrected chi connectivity index (χ0v) is 11.1. The first-order valence-electron chi connectivity index (χ1n) is 5.98. The van der Waals surface area contributed by atoms with Crippen molar-refractivity contribution in [3.63, 3.8) is 0 Å². The second-order valence-corrected chi connectivity index (χ2v) is 4.02. The van der Waals surface area contributed by atoms with Gasteiger partial charge in [-0.15, -0.1) is 0 Å². The number of benzene rings is 1. The van der Waals surface area contributed by atoms with Gasteiger partial charge in [0.1, 0.15) is 5.82 Å². The van der Waals surface area contributed by atoms with Gasteiger partial charge < -0.3 is 16.4 Å². The van der Waals surface area contributed by atoms with Gasteiger partial charge in [0.05, 0.1) is 5.69 Å². The van der Waals surface area contributed by atoms with Gasteiger partial charge in [-0.05, 0) is 18.2 Å². The number of nitrogens with two attached hydrogens (primary N) is 1. The third kappa shape index (κ3) is 3.11. The van der Waals surface area contributed by atoms with E-state index in [1.54, 1.807) is 19.2 Å². The van der Waals surface area contributed by atoms with E-state index >= 15 is 0 Å². The molecule has 0 aliphatic rings. The van der Waals surface area contributed by atoms with E-state index in [1.165, 1.54) is 6.08 Å². The van der Waals surface area contributed by atoms with E-state index < -0.39 is 0 Å². The largest absolute Gasteiger partial charge is 0.373 e. The van der Waals surface area contributed by atoms with Crippen LogP contribution in [0.2, 0.25) is 0 Å². The first kappa shape index (κ1) is 13.5. The summed E-state index contributed by atoms with van der Waals surface area (Å²) in [6.45, 7) is 3.41. The highest BCUT2D eigenvalue weighted by molar-refractivity contribution is 5.99. The van der Waals surface area contributed by atoms with Crippen LogP contribution in [-0.4, -0.2) is 22.9 Å². The van der Waals surface area contributed by atoms with Crippen LogP contribution in [0.1, 0.15) is 0 Å². The minimum Gasteiger partial charge on any atom is -0.373 e. The summed E-state index contributed by atoms with van der Waals surface area (Å²) in [6, 6.07) is 9.08. The van der Waals surface area contributed by atoms with Crippen molar-refractivity contribution in [2.75, 3.05) is 23.4 Å². The van der Waals surface area contributed by atoms with Crippen molar-refractivity contribution < 1.29 is 4.79 Å². The number of carbonyl (C=O) groups is 1. The molecule has 0 saturated heterocycles. The average Bonchev–Trinajstić information content (AvgIpc) is 2.46. The normalized spacial score (nSPS) is 9.85. The lowest BCUT2D eigenvalue weighted by Crippen LogP contribution is -2.07. The third-order valence-electron chi connectivity index (χ3n) is 2.61. The Morgan fingerprint density at radius 3 is 2.85 bits per heavy atom. The fraction of sp³-hybridized carbons (Fsp3) is 0.0714. The molecule has 0 fully saturated rings. The van der Waals surface area contributed by atoms with E-state index in [4.69, 9.17) is 5.73 Å². The molecule has 6 heteroatoms. The number of aromatic nitrogens is 2. The maximum atomic E-state index is 11.3. The lowest BCUT2D eigenvalue weighted by atomic mass is 10.1. The first-order valence-corrected chi connectivity index (χ1v) is 5.98. The summed E-state index contributed by atoms with van der Waals surface area (Å²) < 4.78 is 0. The highest BCUT2D eigenvalue weighted by atomic mass is 16.1. The summed E-state index contributed by atoms with van der Waals surface area (Å²) in [5.41, 5.74) is 7.84. The van der Waals surface area contributed by atoms with Gasteiger partial charge in [-0.2, -0.15) is 4.98 Å². The zero-order chi connectivity index (χ0) is 14.5. The summed E-state index contributed by atoms with van der Waals surface area (Å²) in [6.07, 6.45) is 1.22. The number of rotatable bonds is 4. The number of nitrogens with zero attached hydrogens (tertiary/aromatic N) is 2. The topological polar surface area (TPSA) is 92.9 Å². The maximum absolute atomic E-state index is 11.3. The molecule has 1 heterocycles. The SMILES string of the molecule is C=CC(=O)Nc1cccc(-c2cc(NC)nc(N)n2)c1. The molecule has 2 rings (SSSR count). The Bertz CT molecular complexity index is 654. The van der Waals surface area contributed by atoms with Crippen LogP contribution >= 0.6 is 0 Å². The Hall–Kier alpha value is -2.89. The van der Waals surface area contributed by atoms with E-state index in [9.17, 15) is 4.79 Å². The van der Waals surface area contributed by atoms with Gasteiger partial charge in [0, 0.05) is 24.4 Å². The van der Waals surface area contributed by atoms with Crippen LogP contribution in [0.3, 0.4) is 0 Å². The molecule has 102 valence electrons. The minimum atomic E-state index is -0.264. The highest BCUT2D eigenvalue weighted by Gasteiger charge is 2.05. The second-order valence-electron chi connectivity index (χ2n) is 4.02. The number of hydrogen-bond acceptors (Lipinski definition) is 5. The van der Waals surface area contributed by atoms with Crippen molar-refractivity contribution in [2.45, 2.75) is 0 Å². The Kier molecular flexibility index (Phi) is 3.95. The van der Waals surface area contributed by atoms with Crippen LogP contribution in [0.4, 0.5) is 17.5 Å². The standard InChI is InChI=1S/C14H15N5O/c1-3-13(20)17-10-6-4-5-9(7-10)11-8-12(16-2)19-14(15)18-11/h3-8H,1H2,2H3,(H,17,20)(H3,15,16,18,19). The van der Waals surface area contributed by atoms with E-state index in [-0.39, 0.29) is 11.9 Å². The summed E-state index contributed by atoms with van der Waals surface area (Å²) in [7, 11) is 1.76. The predicted octanol–water partition coefficient (Wildman–Crippen LogP) is 1.89. The van der Waals surface area contributed by atoms with Crippen molar-refractivity contribution in [2.24, 2.45) is 0 Å². The van der Waals surface area contributed by atoms with Gasteiger partial charge in [0.15, 0.2) is 0 Å². The predicted molar refractivity (Wildman–Crippen MR) is 80.3 cm³/mol. The molecule has 0 aliphatic carbocycles. The second kappa shape index (κ2) is 5.83. The molecule has 0 atom stereocenters. The average molecular weight is 269 g/mol. The van der Waals surface area contributed by atoms with Crippen LogP contribution < -0.4 is 16.4 Å². The molecule has 6 nitrogen and oxygen atoms in total. The van der Waals surface area contributed by atoms with Crippen LogP contribution in [0.25, 0.3) is 11.3 Å². The molecule has 0 saturated carbocycles. The number of anilines is 3. The summed E-state index contributed by atoms with van der Waals surface area (Å²) in [5, 5.41) is 5.62. The molecule has 1 aromatic heterocycles. The van der Waals surface area contributed by atoms with Gasteiger partial charge in [-0.3, -0.25) is 4.79 Å². The van der Waals surface area contributed by atoms with Gasteiger partial charge in [0.2, 0.25) is 11.9 Å². The Morgan fingerprint density at radius 2 is 2.15 bits per heavy atom. The van der Waals surface area contributed by atoms with Crippen LogP contribution in [0.5, 0.6) is 0 Å². The van der Waals surface area contributed by atoms with E-state index in [1.807, 2.05) is 18.2 Å². The number of hydrogen-bond donors (Lipinski definition) is 3. The summed E-state index contributed by atoms with van der Waals surface area (Å²) in [4.78, 5) is 19.5. The molecular formula is C14H15N5O. The molecular weight excluding hydrogens is 254 g/mol. The van der Waals surface area contributed by atoms with Crippen molar-refractivity contribution in [1.29, 1.82) is 0 Å². The zero-order valence-electron chi connectivity index (χ0n) is 11.1. The minimum absolute atomic E-state index is 0.187. The van der Waals surface area contributed by atoms with E-state index in [2.05, 4.69) is 27.2 Å². The summed E-state index contributed by atoms with van der Waals surface area (Å²) >= 11 is 0. The lowest BCUT2D eigenvalue weighted by molar-refractivity contribution is -0.111. The molecule has 2 aromatic rings. The number of nitrogens with one attached hydrogen (secondary N) is 2. The Balaban J connectivity index is 2.37. The van der Waals surface area contributed by atoms with Crippen molar-refractivity contribution >= 4 is 23.4 Å². The van der Waals surface area contributed by atoms with Crippen molar-refractivity contribution in [1.82, 2.24) is 9.97 Å². The molecule has 0 radical (unpaired) electrons. The molecule has 0 spiro atoms. The smallest absolute Gasteiger partial charge is 0.247 e. The number of amides is 1. The van der Waals surface area contributed by atoms with Gasteiger partial charge >= 0.3 is 0 Å². The number of nitrogen functional groups attached to an aromatic ring is 1. The Labute approximate surface area is 116 Å². The molecule has 20 heavy (non-hydrogen) atoms. The summed E-state index contributed by atoms with van der Waals surface area (Å²) in [5.74, 6) is 0.556. The molecule has 4 N–H and O–H groups in total. The first-order chi connectivity index (χ1) is 9.62. The molecule has 1 aromatic carbocycles. The molecule has 0 aliphatic heterocycles. The highest BCUT2D eigenvalue weighted by Crippen LogP contribution is 2.23. The molecule has 0 bridgehead atoms. The van der Waals surface area contributed by atoms with Crippen LogP contribution in [0.15, 0.2) is 43.0 Å². The van der Waals surface area contributed by atoms with Crippen LogP contribution in [0, 0.1) is 0 Å². The monoisotopic (exact) mass is 269 g/mol. The quantitative estimate of drug-likeness (QED) is 0.737. The third-order valence-corrected chi connectivity index (χ3v) is 2.61. The fourth-order valence-electron chi connectivity index (χ4n) is 1.69. The fourth-order valence-corrected chi connectivity index (χ4v) is 1.69. The van der Waals surface area contributed by atoms with E-state index in [0.29, 0.717) is 17.2 Å². The van der Waals surface area contributed by atoms with Gasteiger partial charge in [-0.25, -0.2) is 4.98 Å². The lowest BCUT2D eigenvalue weighted by Gasteiger charge is -2.07. The molecule has 1 amide bonds. The van der Waals surface area contributed by atoms with E-state index in [0.717, 1.165) is 5.56 Å². The van der Waals surface area contributed by atoms with Gasteiger partial charge in [-0.1, -0.05) is 18.7 Å². The Morgan fingerprint density at radius 1 is 1.35 bits per heavy atom. The van der Waals surface area contributed by atoms with Crippen molar-refractivity contribution in [3.05, 3.63) is 43.0 Å².